The van der Waals surface area contributed by atoms with Crippen molar-refractivity contribution in [3.8, 4) is 5.75 Å². The molecule has 1 saturated carbocycles. The fraction of sp³-hybridized carbons (Fsp3) is 0.556. The Morgan fingerprint density at radius 3 is 2.42 bits per heavy atom. The molecular weight excluding hydrogens is 377 g/mol. The lowest BCUT2D eigenvalue weighted by Crippen LogP contribution is -2.52. The van der Waals surface area contributed by atoms with Crippen LogP contribution in [0.5, 0.6) is 5.75 Å². The molecule has 0 spiro atoms. The molecule has 1 aliphatic heterocycles. The number of urea groups is 1. The second kappa shape index (κ2) is 7.92. The van der Waals surface area contributed by atoms with E-state index in [4.69, 9.17) is 23.2 Å². The Bertz CT molecular complexity index is 701. The lowest BCUT2D eigenvalue weighted by atomic mass is 9.93. The lowest BCUT2D eigenvalue weighted by molar-refractivity contribution is 0.0659. The molecule has 1 aromatic rings. The molecule has 142 valence electrons. The van der Waals surface area contributed by atoms with Gasteiger partial charge in [-0.1, -0.05) is 23.2 Å². The van der Waals surface area contributed by atoms with Crippen molar-refractivity contribution in [3.05, 3.63) is 27.7 Å². The van der Waals surface area contributed by atoms with E-state index < -0.39 is 0 Å². The molecule has 3 rings (SSSR count). The first-order chi connectivity index (χ1) is 12.4. The number of benzene rings is 1. The highest BCUT2D eigenvalue weighted by Gasteiger charge is 2.30. The highest BCUT2D eigenvalue weighted by atomic mass is 35.5. The Kier molecular flexibility index (Phi) is 5.82. The van der Waals surface area contributed by atoms with Crippen LogP contribution in [-0.2, 0) is 0 Å². The molecular formula is C18H23Cl2N3O3. The van der Waals surface area contributed by atoms with Gasteiger partial charge in [-0.05, 0) is 44.2 Å². The standard InChI is InChI=1S/C18H23Cl2N3O3/c1-22(17(25)14-9-11(19)10-15(20)16(14)24)13-5-7-23(8-6-13)18(26)21-12-3-2-4-12/h9-10,12-13,24H,2-8H2,1H3,(H,21,26). The molecule has 0 aromatic heterocycles. The smallest absolute Gasteiger partial charge is 0.317 e. The first-order valence-electron chi connectivity index (χ1n) is 8.87. The molecule has 2 N–H and O–H groups in total. The summed E-state index contributed by atoms with van der Waals surface area (Å²) in [6, 6.07) is 3.12. The van der Waals surface area contributed by atoms with Crippen LogP contribution in [0.15, 0.2) is 12.1 Å². The summed E-state index contributed by atoms with van der Waals surface area (Å²) in [7, 11) is 1.70. The largest absolute Gasteiger partial charge is 0.506 e. The van der Waals surface area contributed by atoms with Crippen LogP contribution in [0.25, 0.3) is 0 Å². The van der Waals surface area contributed by atoms with E-state index in [2.05, 4.69) is 5.32 Å². The summed E-state index contributed by atoms with van der Waals surface area (Å²) in [5.41, 5.74) is 0.0927. The summed E-state index contributed by atoms with van der Waals surface area (Å²) in [4.78, 5) is 28.4. The number of carbonyl (C=O) groups is 2. The topological polar surface area (TPSA) is 72.9 Å². The Labute approximate surface area is 163 Å². The minimum atomic E-state index is -0.329. The number of rotatable bonds is 3. The number of likely N-dealkylation sites (tertiary alicyclic amines) is 1. The fourth-order valence-corrected chi connectivity index (χ4v) is 3.85. The second-order valence-corrected chi connectivity index (χ2v) is 7.84. The maximum atomic E-state index is 12.7. The monoisotopic (exact) mass is 399 g/mol. The summed E-state index contributed by atoms with van der Waals surface area (Å²) in [5, 5.41) is 13.5. The SMILES string of the molecule is CN(C(=O)c1cc(Cl)cc(Cl)c1O)C1CCN(C(=O)NC2CCC2)CC1. The van der Waals surface area contributed by atoms with E-state index in [1.165, 1.54) is 18.6 Å². The number of halogens is 2. The highest BCUT2D eigenvalue weighted by Crippen LogP contribution is 2.32. The Morgan fingerprint density at radius 2 is 1.85 bits per heavy atom. The predicted octanol–water partition coefficient (Wildman–Crippen LogP) is 3.50. The van der Waals surface area contributed by atoms with Gasteiger partial charge in [-0.2, -0.15) is 0 Å². The molecule has 0 radical (unpaired) electrons. The van der Waals surface area contributed by atoms with Crippen LogP contribution in [0, 0.1) is 0 Å². The molecule has 1 aliphatic carbocycles. The van der Waals surface area contributed by atoms with E-state index in [1.807, 2.05) is 0 Å². The van der Waals surface area contributed by atoms with Crippen LogP contribution in [0.2, 0.25) is 10.0 Å². The molecule has 8 heteroatoms. The van der Waals surface area contributed by atoms with Crippen molar-refractivity contribution in [1.82, 2.24) is 15.1 Å². The maximum Gasteiger partial charge on any atom is 0.317 e. The Hall–Kier alpha value is -1.66. The summed E-state index contributed by atoms with van der Waals surface area (Å²) in [6.07, 6.45) is 4.68. The zero-order valence-electron chi connectivity index (χ0n) is 14.7. The van der Waals surface area contributed by atoms with E-state index >= 15 is 0 Å². The molecule has 2 aliphatic rings. The predicted molar refractivity (Wildman–Crippen MR) is 101 cm³/mol. The number of amides is 3. The van der Waals surface area contributed by atoms with E-state index in [-0.39, 0.29) is 34.3 Å². The third kappa shape index (κ3) is 4.01. The molecule has 1 heterocycles. The number of piperidine rings is 1. The van der Waals surface area contributed by atoms with Gasteiger partial charge in [0.2, 0.25) is 0 Å². The Balaban J connectivity index is 1.58. The molecule has 26 heavy (non-hydrogen) atoms. The molecule has 3 amide bonds. The molecule has 2 fully saturated rings. The van der Waals surface area contributed by atoms with Gasteiger partial charge >= 0.3 is 6.03 Å². The summed E-state index contributed by atoms with van der Waals surface area (Å²) < 4.78 is 0. The molecule has 6 nitrogen and oxygen atoms in total. The van der Waals surface area contributed by atoms with Gasteiger partial charge in [0.05, 0.1) is 10.6 Å². The van der Waals surface area contributed by atoms with E-state index in [9.17, 15) is 14.7 Å². The van der Waals surface area contributed by atoms with Gasteiger partial charge in [0.1, 0.15) is 5.75 Å². The first kappa shape index (κ1) is 19.1. The molecule has 1 saturated heterocycles. The minimum Gasteiger partial charge on any atom is -0.506 e. The second-order valence-electron chi connectivity index (χ2n) is 7.00. The first-order valence-corrected chi connectivity index (χ1v) is 9.63. The van der Waals surface area contributed by atoms with Crippen molar-refractivity contribution in [3.63, 3.8) is 0 Å². The van der Waals surface area contributed by atoms with Crippen LogP contribution >= 0.6 is 23.2 Å². The number of aromatic hydroxyl groups is 1. The quantitative estimate of drug-likeness (QED) is 0.816. The van der Waals surface area contributed by atoms with Crippen molar-refractivity contribution in [2.24, 2.45) is 0 Å². The lowest BCUT2D eigenvalue weighted by Gasteiger charge is -2.38. The van der Waals surface area contributed by atoms with Crippen molar-refractivity contribution in [2.45, 2.75) is 44.2 Å². The van der Waals surface area contributed by atoms with Crippen LogP contribution in [0.1, 0.15) is 42.5 Å². The fourth-order valence-electron chi connectivity index (χ4n) is 3.36. The third-order valence-electron chi connectivity index (χ3n) is 5.31. The van der Waals surface area contributed by atoms with Gasteiger partial charge < -0.3 is 20.2 Å². The number of carbonyl (C=O) groups excluding carboxylic acids is 2. The third-order valence-corrected chi connectivity index (χ3v) is 5.82. The summed E-state index contributed by atoms with van der Waals surface area (Å²) >= 11 is 11.9. The van der Waals surface area contributed by atoms with Gasteiger partial charge in [0, 0.05) is 37.2 Å². The Morgan fingerprint density at radius 1 is 1.19 bits per heavy atom. The van der Waals surface area contributed by atoms with Crippen molar-refractivity contribution in [2.75, 3.05) is 20.1 Å². The maximum absolute atomic E-state index is 12.7. The minimum absolute atomic E-state index is 0.00703. The van der Waals surface area contributed by atoms with Crippen LogP contribution < -0.4 is 5.32 Å². The van der Waals surface area contributed by atoms with Gasteiger partial charge in [0.15, 0.2) is 0 Å². The van der Waals surface area contributed by atoms with E-state index in [0.717, 1.165) is 12.8 Å². The summed E-state index contributed by atoms with van der Waals surface area (Å²) in [6.45, 7) is 1.20. The number of nitrogens with one attached hydrogen (secondary N) is 1. The molecule has 0 unspecified atom stereocenters. The van der Waals surface area contributed by atoms with Crippen LogP contribution in [0.3, 0.4) is 0 Å². The van der Waals surface area contributed by atoms with E-state index in [1.54, 1.807) is 16.8 Å². The molecule has 0 bridgehead atoms. The normalized spacial score (nSPS) is 18.3. The number of nitrogens with zero attached hydrogens (tertiary/aromatic N) is 2. The number of hydrogen-bond acceptors (Lipinski definition) is 3. The number of hydrogen-bond donors (Lipinski definition) is 2. The van der Waals surface area contributed by atoms with Crippen LogP contribution in [0.4, 0.5) is 4.79 Å². The van der Waals surface area contributed by atoms with E-state index in [0.29, 0.717) is 37.0 Å². The van der Waals surface area contributed by atoms with Gasteiger partial charge in [-0.25, -0.2) is 4.79 Å². The number of phenols is 1. The zero-order chi connectivity index (χ0) is 18.8. The average molecular weight is 400 g/mol. The van der Waals surface area contributed by atoms with Crippen molar-refractivity contribution >= 4 is 35.1 Å². The van der Waals surface area contributed by atoms with Crippen molar-refractivity contribution in [1.29, 1.82) is 0 Å². The zero-order valence-corrected chi connectivity index (χ0v) is 16.2. The summed E-state index contributed by atoms with van der Waals surface area (Å²) in [5.74, 6) is -0.588. The van der Waals surface area contributed by atoms with Gasteiger partial charge in [0.25, 0.3) is 5.91 Å². The number of phenolic OH excluding ortho intramolecular Hbond substituents is 1. The van der Waals surface area contributed by atoms with Gasteiger partial charge in [-0.15, -0.1) is 0 Å². The average Bonchev–Trinajstić information content (AvgIpc) is 2.60. The molecule has 0 atom stereocenters. The van der Waals surface area contributed by atoms with Crippen molar-refractivity contribution < 1.29 is 14.7 Å². The van der Waals surface area contributed by atoms with Gasteiger partial charge in [-0.3, -0.25) is 4.79 Å². The highest BCUT2D eigenvalue weighted by molar-refractivity contribution is 6.36. The van der Waals surface area contributed by atoms with Crippen LogP contribution in [-0.4, -0.2) is 59.1 Å². The molecule has 1 aromatic carbocycles.